The minimum absolute atomic E-state index is 0.130. The Labute approximate surface area is 99.2 Å². The summed E-state index contributed by atoms with van der Waals surface area (Å²) in [4.78, 5) is 11.3. The lowest BCUT2D eigenvalue weighted by Gasteiger charge is -2.42. The molecule has 1 aromatic carbocycles. The Morgan fingerprint density at radius 1 is 1.24 bits per heavy atom. The summed E-state index contributed by atoms with van der Waals surface area (Å²) in [5.74, 6) is -0.281. The molecule has 17 heavy (non-hydrogen) atoms. The molecule has 90 valence electrons. The van der Waals surface area contributed by atoms with Gasteiger partial charge in [-0.05, 0) is 5.56 Å². The van der Waals surface area contributed by atoms with Crippen LogP contribution in [0.5, 0.6) is 0 Å². The first-order valence-electron chi connectivity index (χ1n) is 5.82. The van der Waals surface area contributed by atoms with Crippen LogP contribution in [0.25, 0.3) is 0 Å². The number of rotatable bonds is 1. The van der Waals surface area contributed by atoms with E-state index in [0.717, 1.165) is 5.56 Å². The Morgan fingerprint density at radius 2 is 2.00 bits per heavy atom. The van der Waals surface area contributed by atoms with Crippen molar-refractivity contribution < 1.29 is 19.4 Å². The third-order valence-electron chi connectivity index (χ3n) is 3.33. The van der Waals surface area contributed by atoms with Gasteiger partial charge in [0.15, 0.2) is 0 Å². The van der Waals surface area contributed by atoms with Crippen molar-refractivity contribution in [2.45, 2.75) is 37.3 Å². The van der Waals surface area contributed by atoms with E-state index in [1.165, 1.54) is 0 Å². The van der Waals surface area contributed by atoms with Crippen LogP contribution in [0.3, 0.4) is 0 Å². The standard InChI is InChI=1S/C13H14O4/c14-11-7-9-6-10(17-11)12(15)13(16-9)8-4-2-1-3-5-8/h1-5,9-10,12-13,15H,6-7H2/t9?,10-,12?,13?/m1/s1. The van der Waals surface area contributed by atoms with Crippen molar-refractivity contribution in [3.63, 3.8) is 0 Å². The molecule has 0 amide bonds. The summed E-state index contributed by atoms with van der Waals surface area (Å²) in [5, 5.41) is 10.1. The molecule has 2 aliphatic heterocycles. The zero-order chi connectivity index (χ0) is 11.8. The molecule has 0 spiro atoms. The van der Waals surface area contributed by atoms with Crippen molar-refractivity contribution in [2.24, 2.45) is 0 Å². The molecule has 3 rings (SSSR count). The number of carbonyl (C=O) groups is 1. The zero-order valence-corrected chi connectivity index (χ0v) is 9.28. The van der Waals surface area contributed by atoms with Gasteiger partial charge < -0.3 is 14.6 Å². The van der Waals surface area contributed by atoms with Crippen molar-refractivity contribution in [1.29, 1.82) is 0 Å². The molecule has 0 saturated carbocycles. The van der Waals surface area contributed by atoms with Gasteiger partial charge in [0.05, 0.1) is 12.5 Å². The molecule has 0 aromatic heterocycles. The first kappa shape index (κ1) is 10.7. The minimum Gasteiger partial charge on any atom is -0.459 e. The maximum Gasteiger partial charge on any atom is 0.308 e. The van der Waals surface area contributed by atoms with Crippen LogP contribution in [-0.4, -0.2) is 29.4 Å². The minimum atomic E-state index is -0.780. The van der Waals surface area contributed by atoms with Gasteiger partial charge in [-0.3, -0.25) is 4.79 Å². The van der Waals surface area contributed by atoms with Crippen molar-refractivity contribution >= 4 is 5.97 Å². The van der Waals surface area contributed by atoms with E-state index in [0.29, 0.717) is 6.42 Å². The van der Waals surface area contributed by atoms with Gasteiger partial charge in [-0.1, -0.05) is 30.3 Å². The Morgan fingerprint density at radius 3 is 2.76 bits per heavy atom. The van der Waals surface area contributed by atoms with Crippen LogP contribution < -0.4 is 0 Å². The third kappa shape index (κ3) is 1.94. The largest absolute Gasteiger partial charge is 0.459 e. The first-order chi connectivity index (χ1) is 8.24. The molecular weight excluding hydrogens is 220 g/mol. The molecule has 4 nitrogen and oxygen atoms in total. The predicted molar refractivity (Wildman–Crippen MR) is 59.2 cm³/mol. The number of benzene rings is 1. The molecule has 4 heteroatoms. The number of fused-ring (bicyclic) bond motifs is 2. The molecule has 2 heterocycles. The fraction of sp³-hybridized carbons (Fsp3) is 0.462. The lowest BCUT2D eigenvalue weighted by atomic mass is 9.90. The van der Waals surface area contributed by atoms with E-state index in [1.54, 1.807) is 0 Å². The Balaban J connectivity index is 1.86. The quantitative estimate of drug-likeness (QED) is 0.742. The molecule has 2 saturated heterocycles. The molecule has 1 aromatic rings. The van der Waals surface area contributed by atoms with Gasteiger partial charge in [0, 0.05) is 6.42 Å². The highest BCUT2D eigenvalue weighted by Crippen LogP contribution is 2.37. The normalized spacial score (nSPS) is 36.4. The third-order valence-corrected chi connectivity index (χ3v) is 3.33. The second-order valence-corrected chi connectivity index (χ2v) is 4.55. The predicted octanol–water partition coefficient (Wildman–Crippen LogP) is 1.19. The molecular formula is C13H14O4. The highest BCUT2D eigenvalue weighted by Gasteiger charge is 2.44. The van der Waals surface area contributed by atoms with Gasteiger partial charge in [0.25, 0.3) is 0 Å². The summed E-state index contributed by atoms with van der Waals surface area (Å²) in [6, 6.07) is 9.55. The summed E-state index contributed by atoms with van der Waals surface area (Å²) in [6.45, 7) is 0. The summed E-state index contributed by atoms with van der Waals surface area (Å²) >= 11 is 0. The number of esters is 1. The molecule has 0 radical (unpaired) electrons. The second-order valence-electron chi connectivity index (χ2n) is 4.55. The number of hydrogen-bond acceptors (Lipinski definition) is 4. The number of aliphatic hydroxyl groups excluding tert-OH is 1. The molecule has 3 unspecified atom stereocenters. The van der Waals surface area contributed by atoms with Crippen molar-refractivity contribution in [2.75, 3.05) is 0 Å². The second kappa shape index (κ2) is 4.13. The fourth-order valence-electron chi connectivity index (χ4n) is 2.51. The highest BCUT2D eigenvalue weighted by atomic mass is 16.6. The Bertz CT molecular complexity index is 417. The fourth-order valence-corrected chi connectivity index (χ4v) is 2.51. The highest BCUT2D eigenvalue weighted by molar-refractivity contribution is 5.71. The van der Waals surface area contributed by atoms with Crippen molar-refractivity contribution in [3.8, 4) is 0 Å². The van der Waals surface area contributed by atoms with E-state index >= 15 is 0 Å². The molecule has 2 aliphatic rings. The molecule has 1 N–H and O–H groups in total. The van der Waals surface area contributed by atoms with E-state index in [4.69, 9.17) is 9.47 Å². The summed E-state index contributed by atoms with van der Waals surface area (Å²) < 4.78 is 10.9. The van der Waals surface area contributed by atoms with Crippen LogP contribution in [0.15, 0.2) is 30.3 Å². The first-order valence-corrected chi connectivity index (χ1v) is 5.82. The zero-order valence-electron chi connectivity index (χ0n) is 9.28. The number of hydrogen-bond donors (Lipinski definition) is 1. The van der Waals surface area contributed by atoms with Crippen LogP contribution in [-0.2, 0) is 14.3 Å². The van der Waals surface area contributed by atoms with Gasteiger partial charge in [-0.15, -0.1) is 0 Å². The van der Waals surface area contributed by atoms with E-state index in [1.807, 2.05) is 30.3 Å². The van der Waals surface area contributed by atoms with Gasteiger partial charge in [-0.2, -0.15) is 0 Å². The smallest absolute Gasteiger partial charge is 0.308 e. The molecule has 0 aliphatic carbocycles. The SMILES string of the molecule is O=C1CC2C[C@@H](O1)C(O)C(c1ccccc1)O2. The van der Waals surface area contributed by atoms with Crippen LogP contribution in [0.1, 0.15) is 24.5 Å². The Kier molecular flexibility index (Phi) is 2.61. The van der Waals surface area contributed by atoms with E-state index in [9.17, 15) is 9.90 Å². The topological polar surface area (TPSA) is 55.8 Å². The summed E-state index contributed by atoms with van der Waals surface area (Å²) in [7, 11) is 0. The van der Waals surface area contributed by atoms with Gasteiger partial charge in [-0.25, -0.2) is 0 Å². The molecule has 4 atom stereocenters. The molecule has 2 bridgehead atoms. The summed E-state index contributed by atoms with van der Waals surface area (Å²) in [6.07, 6.45) is -0.857. The lowest BCUT2D eigenvalue weighted by Crippen LogP contribution is -2.50. The monoisotopic (exact) mass is 234 g/mol. The van der Waals surface area contributed by atoms with Gasteiger partial charge in [0.2, 0.25) is 0 Å². The average molecular weight is 234 g/mol. The van der Waals surface area contributed by atoms with Crippen LogP contribution in [0.2, 0.25) is 0 Å². The van der Waals surface area contributed by atoms with E-state index in [2.05, 4.69) is 0 Å². The van der Waals surface area contributed by atoms with Crippen LogP contribution in [0.4, 0.5) is 0 Å². The average Bonchev–Trinajstić information content (AvgIpc) is 2.34. The lowest BCUT2D eigenvalue weighted by molar-refractivity contribution is -0.218. The maximum atomic E-state index is 11.3. The summed E-state index contributed by atoms with van der Waals surface area (Å²) in [5.41, 5.74) is 0.924. The number of aliphatic hydroxyl groups is 1. The maximum absolute atomic E-state index is 11.3. The van der Waals surface area contributed by atoms with Crippen molar-refractivity contribution in [3.05, 3.63) is 35.9 Å². The number of carbonyl (C=O) groups excluding carboxylic acids is 1. The number of ether oxygens (including phenoxy) is 2. The van der Waals surface area contributed by atoms with Gasteiger partial charge in [0.1, 0.15) is 18.3 Å². The van der Waals surface area contributed by atoms with E-state index in [-0.39, 0.29) is 18.5 Å². The van der Waals surface area contributed by atoms with Gasteiger partial charge >= 0.3 is 5.97 Å². The van der Waals surface area contributed by atoms with Crippen LogP contribution in [0, 0.1) is 0 Å². The Hall–Kier alpha value is -1.39. The van der Waals surface area contributed by atoms with E-state index < -0.39 is 18.3 Å². The van der Waals surface area contributed by atoms with Crippen molar-refractivity contribution in [1.82, 2.24) is 0 Å². The van der Waals surface area contributed by atoms with Crippen LogP contribution >= 0.6 is 0 Å². The molecule has 2 fully saturated rings.